The number of hydrogen-bond acceptors (Lipinski definition) is 3. The van der Waals surface area contributed by atoms with Gasteiger partial charge in [0, 0.05) is 13.5 Å². The number of hydrogen-bond donors (Lipinski definition) is 0. The van der Waals surface area contributed by atoms with E-state index < -0.39 is 5.60 Å². The maximum atomic E-state index is 11.5. The fraction of sp³-hybridized carbons (Fsp3) is 0.417. The molecule has 0 aliphatic heterocycles. The lowest BCUT2D eigenvalue weighted by Crippen LogP contribution is -2.40. The van der Waals surface area contributed by atoms with Gasteiger partial charge in [0.05, 0.1) is 7.11 Å². The Morgan fingerprint density at radius 2 is 1.87 bits per heavy atom. The van der Waals surface area contributed by atoms with Crippen molar-refractivity contribution in [2.45, 2.75) is 18.9 Å². The summed E-state index contributed by atoms with van der Waals surface area (Å²) in [6.07, 6.45) is 0.511. The van der Waals surface area contributed by atoms with Crippen LogP contribution in [0.15, 0.2) is 30.3 Å². The highest BCUT2D eigenvalue weighted by atomic mass is 16.6. The summed E-state index contributed by atoms with van der Waals surface area (Å²) in [5, 5.41) is 0. The van der Waals surface area contributed by atoms with E-state index in [0.717, 1.165) is 5.56 Å². The molecule has 0 fully saturated rings. The van der Waals surface area contributed by atoms with Gasteiger partial charge in [-0.25, -0.2) is 4.79 Å². The summed E-state index contributed by atoms with van der Waals surface area (Å²) >= 11 is 0. The Balaban J connectivity index is 2.81. The second-order valence-corrected chi connectivity index (χ2v) is 3.59. The van der Waals surface area contributed by atoms with Gasteiger partial charge in [-0.05, 0) is 12.5 Å². The zero-order valence-corrected chi connectivity index (χ0v) is 9.32. The van der Waals surface area contributed by atoms with Crippen LogP contribution in [0.5, 0.6) is 0 Å². The van der Waals surface area contributed by atoms with Crippen LogP contribution < -0.4 is 0 Å². The Labute approximate surface area is 90.0 Å². The van der Waals surface area contributed by atoms with Gasteiger partial charge >= 0.3 is 5.97 Å². The van der Waals surface area contributed by atoms with Crippen molar-refractivity contribution < 1.29 is 14.3 Å². The van der Waals surface area contributed by atoms with Gasteiger partial charge in [0.15, 0.2) is 5.60 Å². The van der Waals surface area contributed by atoms with Crippen molar-refractivity contribution in [2.75, 3.05) is 14.2 Å². The number of methoxy groups -OCH3 is 2. The molecule has 1 aromatic carbocycles. The van der Waals surface area contributed by atoms with Crippen LogP contribution >= 0.6 is 0 Å². The van der Waals surface area contributed by atoms with E-state index in [1.807, 2.05) is 30.3 Å². The highest BCUT2D eigenvalue weighted by molar-refractivity contribution is 5.79. The lowest BCUT2D eigenvalue weighted by Gasteiger charge is -2.24. The van der Waals surface area contributed by atoms with Crippen LogP contribution in [0, 0.1) is 0 Å². The van der Waals surface area contributed by atoms with Gasteiger partial charge in [-0.15, -0.1) is 0 Å². The van der Waals surface area contributed by atoms with Crippen LogP contribution in [0.4, 0.5) is 0 Å². The van der Waals surface area contributed by atoms with Gasteiger partial charge < -0.3 is 9.47 Å². The summed E-state index contributed by atoms with van der Waals surface area (Å²) in [4.78, 5) is 11.5. The van der Waals surface area contributed by atoms with Crippen molar-refractivity contribution in [2.24, 2.45) is 0 Å². The van der Waals surface area contributed by atoms with Crippen molar-refractivity contribution in [3.63, 3.8) is 0 Å². The van der Waals surface area contributed by atoms with Gasteiger partial charge in [-0.3, -0.25) is 0 Å². The van der Waals surface area contributed by atoms with Gasteiger partial charge in [-0.1, -0.05) is 30.3 Å². The summed E-state index contributed by atoms with van der Waals surface area (Å²) in [5.41, 5.74) is 0.142. The molecule has 0 spiro atoms. The molecule has 0 aliphatic carbocycles. The lowest BCUT2D eigenvalue weighted by molar-refractivity contribution is -0.163. The maximum Gasteiger partial charge on any atom is 0.338 e. The molecule has 15 heavy (non-hydrogen) atoms. The molecule has 1 atom stereocenters. The SMILES string of the molecule is COC(=O)C(C)(Cc1ccccc1)OC. The Hall–Kier alpha value is -1.35. The lowest BCUT2D eigenvalue weighted by atomic mass is 9.96. The van der Waals surface area contributed by atoms with E-state index in [1.54, 1.807) is 6.92 Å². The first kappa shape index (κ1) is 11.7. The first-order valence-corrected chi connectivity index (χ1v) is 4.80. The molecule has 0 saturated heterocycles. The first-order chi connectivity index (χ1) is 7.12. The predicted molar refractivity (Wildman–Crippen MR) is 57.6 cm³/mol. The van der Waals surface area contributed by atoms with E-state index >= 15 is 0 Å². The molecule has 0 amide bonds. The largest absolute Gasteiger partial charge is 0.467 e. The number of esters is 1. The second-order valence-electron chi connectivity index (χ2n) is 3.59. The molecule has 0 saturated carbocycles. The molecule has 1 rings (SSSR count). The second kappa shape index (κ2) is 4.94. The molecule has 0 bridgehead atoms. The van der Waals surface area contributed by atoms with Crippen molar-refractivity contribution in [1.29, 1.82) is 0 Å². The normalized spacial score (nSPS) is 14.3. The van der Waals surface area contributed by atoms with Crippen LogP contribution in [0.25, 0.3) is 0 Å². The van der Waals surface area contributed by atoms with Gasteiger partial charge in [0.25, 0.3) is 0 Å². The summed E-state index contributed by atoms with van der Waals surface area (Å²) in [6.45, 7) is 1.73. The minimum absolute atomic E-state index is 0.353. The van der Waals surface area contributed by atoms with Gasteiger partial charge in [0.2, 0.25) is 0 Å². The quantitative estimate of drug-likeness (QED) is 0.708. The topological polar surface area (TPSA) is 35.5 Å². The van der Waals surface area contributed by atoms with Crippen molar-refractivity contribution >= 4 is 5.97 Å². The maximum absolute atomic E-state index is 11.5. The Morgan fingerprint density at radius 3 is 2.33 bits per heavy atom. The van der Waals surface area contributed by atoms with E-state index in [-0.39, 0.29) is 5.97 Å². The third-order valence-electron chi connectivity index (χ3n) is 2.45. The van der Waals surface area contributed by atoms with Gasteiger partial charge in [0.1, 0.15) is 0 Å². The Morgan fingerprint density at radius 1 is 1.27 bits per heavy atom. The average Bonchev–Trinajstić information content (AvgIpc) is 2.29. The fourth-order valence-corrected chi connectivity index (χ4v) is 1.43. The van der Waals surface area contributed by atoms with Crippen molar-refractivity contribution in [3.8, 4) is 0 Å². The van der Waals surface area contributed by atoms with E-state index in [1.165, 1.54) is 14.2 Å². The fourth-order valence-electron chi connectivity index (χ4n) is 1.43. The van der Waals surface area contributed by atoms with E-state index in [9.17, 15) is 4.79 Å². The van der Waals surface area contributed by atoms with Crippen LogP contribution in [0.3, 0.4) is 0 Å². The van der Waals surface area contributed by atoms with Crippen molar-refractivity contribution in [1.82, 2.24) is 0 Å². The zero-order chi connectivity index (χ0) is 11.3. The molecule has 0 aromatic heterocycles. The Kier molecular flexibility index (Phi) is 3.86. The predicted octanol–water partition coefficient (Wildman–Crippen LogP) is 1.81. The number of ether oxygens (including phenoxy) is 2. The van der Waals surface area contributed by atoms with Crippen LogP contribution in [-0.2, 0) is 20.7 Å². The highest BCUT2D eigenvalue weighted by Crippen LogP contribution is 2.18. The smallest absolute Gasteiger partial charge is 0.338 e. The summed E-state index contributed by atoms with van der Waals surface area (Å²) < 4.78 is 9.93. The molecule has 3 heteroatoms. The molecule has 1 unspecified atom stereocenters. The summed E-state index contributed by atoms with van der Waals surface area (Å²) in [6, 6.07) is 9.72. The molecule has 0 heterocycles. The van der Waals surface area contributed by atoms with E-state index in [4.69, 9.17) is 9.47 Å². The average molecular weight is 208 g/mol. The third-order valence-corrected chi connectivity index (χ3v) is 2.45. The van der Waals surface area contributed by atoms with E-state index in [0.29, 0.717) is 6.42 Å². The van der Waals surface area contributed by atoms with Gasteiger partial charge in [-0.2, -0.15) is 0 Å². The molecule has 0 N–H and O–H groups in total. The minimum Gasteiger partial charge on any atom is -0.467 e. The first-order valence-electron chi connectivity index (χ1n) is 4.80. The highest BCUT2D eigenvalue weighted by Gasteiger charge is 2.34. The third kappa shape index (κ3) is 2.80. The number of carbonyl (C=O) groups is 1. The molecular formula is C12H16O3. The molecule has 82 valence electrons. The summed E-state index contributed by atoms with van der Waals surface area (Å²) in [5.74, 6) is -0.353. The standard InChI is InChI=1S/C12H16O3/c1-12(15-3,11(13)14-2)9-10-7-5-4-6-8-10/h4-8H,9H2,1-3H3. The molecule has 3 nitrogen and oxygen atoms in total. The molecule has 1 aromatic rings. The number of carbonyl (C=O) groups excluding carboxylic acids is 1. The minimum atomic E-state index is -0.907. The Bertz CT molecular complexity index is 321. The molecule has 0 aliphatic rings. The van der Waals surface area contributed by atoms with Crippen molar-refractivity contribution in [3.05, 3.63) is 35.9 Å². The molecule has 0 radical (unpaired) electrons. The molecular weight excluding hydrogens is 192 g/mol. The monoisotopic (exact) mass is 208 g/mol. The summed E-state index contributed by atoms with van der Waals surface area (Å²) in [7, 11) is 2.88. The van der Waals surface area contributed by atoms with Crippen LogP contribution in [0.2, 0.25) is 0 Å². The van der Waals surface area contributed by atoms with Crippen LogP contribution in [-0.4, -0.2) is 25.8 Å². The zero-order valence-electron chi connectivity index (χ0n) is 9.32. The van der Waals surface area contributed by atoms with Crippen LogP contribution in [0.1, 0.15) is 12.5 Å². The number of rotatable bonds is 4. The number of benzene rings is 1. The van der Waals surface area contributed by atoms with E-state index in [2.05, 4.69) is 0 Å².